The lowest BCUT2D eigenvalue weighted by Crippen LogP contribution is -2.56. The molecule has 0 heterocycles. The van der Waals surface area contributed by atoms with Crippen molar-refractivity contribution >= 4 is 0 Å². The van der Waals surface area contributed by atoms with E-state index in [1.165, 1.54) is 64.2 Å². The predicted molar refractivity (Wildman–Crippen MR) is 137 cm³/mol. The Bertz CT molecular complexity index is 651. The summed E-state index contributed by atoms with van der Waals surface area (Å²) in [6.07, 6.45) is 20.9. The van der Waals surface area contributed by atoms with E-state index in [9.17, 15) is 5.11 Å². The van der Waals surface area contributed by atoms with Crippen molar-refractivity contribution < 1.29 is 5.11 Å². The summed E-state index contributed by atoms with van der Waals surface area (Å²) in [6.45, 7) is 14.9. The van der Waals surface area contributed by atoms with Gasteiger partial charge in [0.2, 0.25) is 0 Å². The van der Waals surface area contributed by atoms with Crippen molar-refractivity contribution in [3.63, 3.8) is 0 Å². The van der Waals surface area contributed by atoms with Crippen LogP contribution >= 0.6 is 0 Å². The van der Waals surface area contributed by atoms with Gasteiger partial charge in [0.1, 0.15) is 0 Å². The van der Waals surface area contributed by atoms with Crippen LogP contribution in [0.2, 0.25) is 0 Å². The standard InChI is InChI=1S/C31H54O/c1-7-8-12-24-27-14-13-23-26-16-15-25(22(4)11-9-10-21(2)3)30(26,5)19-17-28(23)31(27,6)20-18-29(24)32/h7-8,21-29,32H,9-20H2,1-6H3/b8-7+/t22-,23+,24+,25-,26+,27?,28+,29+,30-,31+/m1/s1. The first kappa shape index (κ1) is 24.8. The van der Waals surface area contributed by atoms with Crippen LogP contribution in [0.1, 0.15) is 119 Å². The summed E-state index contributed by atoms with van der Waals surface area (Å²) < 4.78 is 0. The van der Waals surface area contributed by atoms with Gasteiger partial charge in [0.25, 0.3) is 0 Å². The number of hydrogen-bond donors (Lipinski definition) is 1. The lowest BCUT2D eigenvalue weighted by atomic mass is 9.43. The molecule has 32 heavy (non-hydrogen) atoms. The lowest BCUT2D eigenvalue weighted by molar-refractivity contribution is -0.152. The molecule has 0 radical (unpaired) electrons. The molecule has 0 aromatic carbocycles. The lowest BCUT2D eigenvalue weighted by Gasteiger charge is -2.62. The average molecular weight is 443 g/mol. The Balaban J connectivity index is 1.48. The molecule has 4 aliphatic rings. The van der Waals surface area contributed by atoms with Crippen LogP contribution in [-0.4, -0.2) is 11.2 Å². The molecule has 0 aromatic heterocycles. The molecule has 4 rings (SSSR count). The molecule has 1 nitrogen and oxygen atoms in total. The van der Waals surface area contributed by atoms with Crippen LogP contribution in [0.25, 0.3) is 0 Å². The maximum Gasteiger partial charge on any atom is 0.0574 e. The van der Waals surface area contributed by atoms with Gasteiger partial charge in [-0.2, -0.15) is 0 Å². The second kappa shape index (κ2) is 9.75. The quantitative estimate of drug-likeness (QED) is 0.391. The summed E-state index contributed by atoms with van der Waals surface area (Å²) in [5.74, 6) is 6.79. The molecule has 1 unspecified atom stereocenters. The third-order valence-corrected chi connectivity index (χ3v) is 11.8. The van der Waals surface area contributed by atoms with Gasteiger partial charge >= 0.3 is 0 Å². The minimum absolute atomic E-state index is 0.0720. The number of fused-ring (bicyclic) bond motifs is 5. The Labute approximate surface area is 200 Å². The molecule has 0 aromatic rings. The highest BCUT2D eigenvalue weighted by atomic mass is 16.3. The van der Waals surface area contributed by atoms with E-state index in [1.54, 1.807) is 0 Å². The molecule has 0 amide bonds. The molecule has 4 fully saturated rings. The van der Waals surface area contributed by atoms with Crippen LogP contribution in [-0.2, 0) is 0 Å². The van der Waals surface area contributed by atoms with Crippen LogP contribution < -0.4 is 0 Å². The van der Waals surface area contributed by atoms with Crippen LogP contribution in [0.5, 0.6) is 0 Å². The van der Waals surface area contributed by atoms with Crippen molar-refractivity contribution in [2.24, 2.45) is 58.2 Å². The van der Waals surface area contributed by atoms with Gasteiger partial charge < -0.3 is 5.11 Å². The van der Waals surface area contributed by atoms with Gasteiger partial charge in [-0.1, -0.05) is 66.0 Å². The maximum atomic E-state index is 10.9. The predicted octanol–water partition coefficient (Wildman–Crippen LogP) is 8.66. The molecular weight excluding hydrogens is 388 g/mol. The van der Waals surface area contributed by atoms with Crippen LogP contribution in [0.4, 0.5) is 0 Å². The van der Waals surface area contributed by atoms with E-state index in [2.05, 4.69) is 53.7 Å². The maximum absolute atomic E-state index is 10.9. The molecular formula is C31H54O. The normalized spacial score (nSPS) is 47.3. The average Bonchev–Trinajstić information content (AvgIpc) is 3.10. The largest absolute Gasteiger partial charge is 0.393 e. The summed E-state index contributed by atoms with van der Waals surface area (Å²) in [5.41, 5.74) is 1.07. The van der Waals surface area contributed by atoms with E-state index in [0.29, 0.717) is 16.7 Å². The fraction of sp³-hybridized carbons (Fsp3) is 0.935. The number of rotatable bonds is 7. The zero-order valence-electron chi connectivity index (χ0n) is 22.3. The van der Waals surface area contributed by atoms with Gasteiger partial charge in [0.15, 0.2) is 0 Å². The van der Waals surface area contributed by atoms with Gasteiger partial charge in [-0.15, -0.1) is 0 Å². The molecule has 0 saturated heterocycles. The molecule has 0 bridgehead atoms. The second-order valence-electron chi connectivity index (χ2n) is 13.7. The van der Waals surface area contributed by atoms with Crippen molar-refractivity contribution in [1.29, 1.82) is 0 Å². The third kappa shape index (κ3) is 4.27. The van der Waals surface area contributed by atoms with Crippen LogP contribution in [0, 0.1) is 58.2 Å². The van der Waals surface area contributed by atoms with E-state index in [-0.39, 0.29) is 6.10 Å². The van der Waals surface area contributed by atoms with E-state index in [4.69, 9.17) is 0 Å². The summed E-state index contributed by atoms with van der Waals surface area (Å²) >= 11 is 0. The molecule has 0 spiro atoms. The van der Waals surface area contributed by atoms with Crippen molar-refractivity contribution in [1.82, 2.24) is 0 Å². The molecule has 1 N–H and O–H groups in total. The van der Waals surface area contributed by atoms with E-state index in [0.717, 1.165) is 54.3 Å². The zero-order valence-corrected chi connectivity index (χ0v) is 22.3. The smallest absolute Gasteiger partial charge is 0.0574 e. The van der Waals surface area contributed by atoms with Gasteiger partial charge in [-0.05, 0) is 123 Å². The van der Waals surface area contributed by atoms with Gasteiger partial charge in [0, 0.05) is 0 Å². The molecule has 4 saturated carbocycles. The first-order chi connectivity index (χ1) is 15.2. The minimum atomic E-state index is -0.0720. The molecule has 0 aliphatic heterocycles. The fourth-order valence-electron chi connectivity index (χ4n) is 10.1. The number of allylic oxidation sites excluding steroid dienone is 2. The third-order valence-electron chi connectivity index (χ3n) is 11.8. The van der Waals surface area contributed by atoms with Crippen molar-refractivity contribution in [2.75, 3.05) is 0 Å². The number of aliphatic hydroxyl groups is 1. The van der Waals surface area contributed by atoms with E-state index < -0.39 is 0 Å². The Hall–Kier alpha value is -0.300. The Morgan fingerprint density at radius 1 is 0.844 bits per heavy atom. The first-order valence-corrected chi connectivity index (χ1v) is 14.5. The highest BCUT2D eigenvalue weighted by Gasteiger charge is 2.61. The Morgan fingerprint density at radius 3 is 2.25 bits per heavy atom. The SMILES string of the molecule is C/C=C/C[C@H]1C2CC[C@H]3[C@@H]4CC[C@H]([C@H](C)CCCC(C)C)[C@@]4(C)CC[C@@H]3[C@@]2(C)CC[C@@H]1O. The minimum Gasteiger partial charge on any atom is -0.393 e. The monoisotopic (exact) mass is 442 g/mol. The first-order valence-electron chi connectivity index (χ1n) is 14.5. The summed E-state index contributed by atoms with van der Waals surface area (Å²) in [4.78, 5) is 0. The second-order valence-corrected chi connectivity index (χ2v) is 13.7. The summed E-state index contributed by atoms with van der Waals surface area (Å²) in [5, 5.41) is 10.9. The van der Waals surface area contributed by atoms with Crippen molar-refractivity contribution in [2.45, 2.75) is 125 Å². The molecule has 184 valence electrons. The summed E-state index contributed by atoms with van der Waals surface area (Å²) in [6, 6.07) is 0. The Morgan fingerprint density at radius 2 is 1.53 bits per heavy atom. The van der Waals surface area contributed by atoms with Gasteiger partial charge in [0.05, 0.1) is 6.10 Å². The van der Waals surface area contributed by atoms with Crippen LogP contribution in [0.15, 0.2) is 12.2 Å². The van der Waals surface area contributed by atoms with E-state index in [1.807, 2.05) is 0 Å². The number of aliphatic hydroxyl groups excluding tert-OH is 1. The van der Waals surface area contributed by atoms with Gasteiger partial charge in [-0.3, -0.25) is 0 Å². The molecule has 4 aliphatic carbocycles. The highest BCUT2D eigenvalue weighted by molar-refractivity contribution is 5.11. The summed E-state index contributed by atoms with van der Waals surface area (Å²) in [7, 11) is 0. The highest BCUT2D eigenvalue weighted by Crippen LogP contribution is 2.69. The van der Waals surface area contributed by atoms with E-state index >= 15 is 0 Å². The molecule has 1 heteroatoms. The Kier molecular flexibility index (Phi) is 7.56. The van der Waals surface area contributed by atoms with Crippen molar-refractivity contribution in [3.05, 3.63) is 12.2 Å². The zero-order chi connectivity index (χ0) is 23.1. The van der Waals surface area contributed by atoms with Gasteiger partial charge in [-0.25, -0.2) is 0 Å². The molecule has 10 atom stereocenters. The van der Waals surface area contributed by atoms with Crippen LogP contribution in [0.3, 0.4) is 0 Å². The fourth-order valence-corrected chi connectivity index (χ4v) is 10.1. The van der Waals surface area contributed by atoms with Crippen molar-refractivity contribution in [3.8, 4) is 0 Å². The number of hydrogen-bond acceptors (Lipinski definition) is 1. The topological polar surface area (TPSA) is 20.2 Å².